The molecule has 0 saturated carbocycles. The molecule has 1 N–H and O–H groups in total. The van der Waals surface area contributed by atoms with Crippen LogP contribution in [0.2, 0.25) is 0 Å². The number of hydrogen-bond donors (Lipinski definition) is 1. The summed E-state index contributed by atoms with van der Waals surface area (Å²) in [5, 5.41) is 15.4. The fraction of sp³-hybridized carbons (Fsp3) is 0.355. The van der Waals surface area contributed by atoms with E-state index in [4.69, 9.17) is 4.74 Å². The van der Waals surface area contributed by atoms with E-state index in [0.29, 0.717) is 22.3 Å². The summed E-state index contributed by atoms with van der Waals surface area (Å²) < 4.78 is 7.10. The van der Waals surface area contributed by atoms with Crippen molar-refractivity contribution in [2.75, 3.05) is 18.2 Å². The first kappa shape index (κ1) is 29.3. The summed E-state index contributed by atoms with van der Waals surface area (Å²) >= 11 is 4.51. The fourth-order valence-electron chi connectivity index (χ4n) is 5.21. The zero-order valence-corrected chi connectivity index (χ0v) is 26.1. The van der Waals surface area contributed by atoms with Crippen molar-refractivity contribution in [1.82, 2.24) is 14.8 Å². The van der Waals surface area contributed by atoms with Crippen molar-refractivity contribution in [1.29, 1.82) is 0 Å². The minimum absolute atomic E-state index is 0.131. The molecular formula is C31H34N4O3S3. The number of thioether (sulfide) groups is 1. The number of methoxy groups -OCH3 is 1. The number of anilines is 1. The number of nitrogens with one attached hydrogen (secondary N) is 1. The van der Waals surface area contributed by atoms with E-state index < -0.39 is 5.97 Å². The highest BCUT2D eigenvalue weighted by atomic mass is 32.2. The number of aryl methyl sites for hydroxylation is 3. The van der Waals surface area contributed by atoms with Gasteiger partial charge in [-0.2, -0.15) is 0 Å². The first-order valence-corrected chi connectivity index (χ1v) is 16.4. The highest BCUT2D eigenvalue weighted by Gasteiger charge is 2.26. The number of rotatable bonds is 9. The molecule has 5 rings (SSSR count). The molecule has 4 aromatic rings. The Kier molecular flexibility index (Phi) is 9.42. The molecule has 0 radical (unpaired) electrons. The third-order valence-electron chi connectivity index (χ3n) is 7.23. The van der Waals surface area contributed by atoms with E-state index in [1.165, 1.54) is 51.9 Å². The van der Waals surface area contributed by atoms with Gasteiger partial charge in [0.25, 0.3) is 0 Å². The molecule has 7 nitrogen and oxygen atoms in total. The van der Waals surface area contributed by atoms with Crippen molar-refractivity contribution in [3.8, 4) is 22.5 Å². The first-order chi connectivity index (χ1) is 19.9. The topological polar surface area (TPSA) is 86.1 Å². The van der Waals surface area contributed by atoms with Gasteiger partial charge in [-0.25, -0.2) is 4.79 Å². The number of amides is 1. The number of carbonyl (C=O) groups excluding carboxylic acids is 2. The fourth-order valence-corrected chi connectivity index (χ4v) is 8.11. The SMILES string of the molecule is C=CCn1c(SCC(=O)Nc2sc3c(c2C(=O)OC)CCCCCC3)nnc1-c1csc(C)c1-c1ccc(C)cc1. The Bertz CT molecular complexity index is 1570. The second-order valence-electron chi connectivity index (χ2n) is 10.1. The Labute approximate surface area is 253 Å². The summed E-state index contributed by atoms with van der Waals surface area (Å²) in [7, 11) is 1.39. The zero-order valence-electron chi connectivity index (χ0n) is 23.6. The van der Waals surface area contributed by atoms with E-state index in [2.05, 4.69) is 65.6 Å². The Morgan fingerprint density at radius 2 is 1.88 bits per heavy atom. The minimum Gasteiger partial charge on any atom is -0.465 e. The van der Waals surface area contributed by atoms with E-state index in [0.717, 1.165) is 60.2 Å². The monoisotopic (exact) mass is 606 g/mol. The molecule has 0 fully saturated rings. The van der Waals surface area contributed by atoms with Gasteiger partial charge in [-0.15, -0.1) is 39.4 Å². The Balaban J connectivity index is 1.37. The van der Waals surface area contributed by atoms with Crippen LogP contribution in [-0.4, -0.2) is 39.5 Å². The molecule has 3 aromatic heterocycles. The lowest BCUT2D eigenvalue weighted by Crippen LogP contribution is -2.17. The van der Waals surface area contributed by atoms with Crippen molar-refractivity contribution in [2.24, 2.45) is 0 Å². The molecule has 1 aromatic carbocycles. The number of fused-ring (bicyclic) bond motifs is 1. The maximum Gasteiger partial charge on any atom is 0.341 e. The van der Waals surface area contributed by atoms with Crippen LogP contribution in [-0.2, 0) is 28.9 Å². The molecule has 0 spiro atoms. The van der Waals surface area contributed by atoms with Gasteiger partial charge in [0, 0.05) is 32.8 Å². The van der Waals surface area contributed by atoms with Crippen LogP contribution in [0.3, 0.4) is 0 Å². The van der Waals surface area contributed by atoms with Crippen molar-refractivity contribution in [3.05, 3.63) is 68.7 Å². The summed E-state index contributed by atoms with van der Waals surface area (Å²) in [6, 6.07) is 8.50. The number of aromatic nitrogens is 3. The van der Waals surface area contributed by atoms with Gasteiger partial charge in [0.15, 0.2) is 11.0 Å². The predicted molar refractivity (Wildman–Crippen MR) is 169 cm³/mol. The number of allylic oxidation sites excluding steroid dienone is 1. The molecule has 1 aliphatic carbocycles. The minimum atomic E-state index is -0.392. The molecule has 1 aliphatic rings. The van der Waals surface area contributed by atoms with Gasteiger partial charge in [-0.3, -0.25) is 9.36 Å². The number of nitrogens with zero attached hydrogens (tertiary/aromatic N) is 3. The quantitative estimate of drug-likeness (QED) is 0.119. The second kappa shape index (κ2) is 13.2. The molecule has 0 bridgehead atoms. The van der Waals surface area contributed by atoms with Crippen LogP contribution in [0.5, 0.6) is 0 Å². The van der Waals surface area contributed by atoms with E-state index in [1.807, 2.05) is 10.6 Å². The molecule has 10 heteroatoms. The first-order valence-electron chi connectivity index (χ1n) is 13.8. The van der Waals surface area contributed by atoms with Crippen LogP contribution in [0.25, 0.3) is 22.5 Å². The van der Waals surface area contributed by atoms with E-state index >= 15 is 0 Å². The number of ether oxygens (including phenoxy) is 1. The standard InChI is InChI=1S/C31H34N4O3S3/c1-5-16-35-28(23-17-39-20(3)26(23)21-14-12-19(2)13-15-21)33-34-31(35)40-18-25(36)32-29-27(30(37)38-4)22-10-8-6-7-9-11-24(22)41-29/h5,12-15,17H,1,6-11,16,18H2,2-4H3,(H,32,36). The molecule has 0 aliphatic heterocycles. The molecule has 0 atom stereocenters. The van der Waals surface area contributed by atoms with Crippen LogP contribution >= 0.6 is 34.4 Å². The number of carbonyl (C=O) groups is 2. The lowest BCUT2D eigenvalue weighted by Gasteiger charge is -2.11. The van der Waals surface area contributed by atoms with E-state index in [9.17, 15) is 9.59 Å². The molecule has 41 heavy (non-hydrogen) atoms. The molecule has 0 unspecified atom stereocenters. The van der Waals surface area contributed by atoms with E-state index in [-0.39, 0.29) is 11.7 Å². The van der Waals surface area contributed by atoms with Crippen LogP contribution in [0, 0.1) is 13.8 Å². The van der Waals surface area contributed by atoms with E-state index in [1.54, 1.807) is 11.3 Å². The maximum absolute atomic E-state index is 13.2. The number of thiophene rings is 2. The Morgan fingerprint density at radius 1 is 1.12 bits per heavy atom. The number of hydrogen-bond acceptors (Lipinski definition) is 8. The third-order valence-corrected chi connectivity index (χ3v) is 10.3. The van der Waals surface area contributed by atoms with Crippen molar-refractivity contribution in [3.63, 3.8) is 0 Å². The molecule has 3 heterocycles. The number of benzene rings is 1. The summed E-state index contributed by atoms with van der Waals surface area (Å²) in [5.41, 5.74) is 6.06. The largest absolute Gasteiger partial charge is 0.465 e. The van der Waals surface area contributed by atoms with Crippen LogP contribution < -0.4 is 5.32 Å². The van der Waals surface area contributed by atoms with Crippen molar-refractivity contribution in [2.45, 2.75) is 64.1 Å². The average Bonchev–Trinajstić information content (AvgIpc) is 3.62. The predicted octanol–water partition coefficient (Wildman–Crippen LogP) is 7.71. The highest BCUT2D eigenvalue weighted by molar-refractivity contribution is 7.99. The summed E-state index contributed by atoms with van der Waals surface area (Å²) in [4.78, 5) is 28.3. The van der Waals surface area contributed by atoms with Crippen molar-refractivity contribution >= 4 is 51.3 Å². The highest BCUT2D eigenvalue weighted by Crippen LogP contribution is 2.40. The molecule has 214 valence electrons. The van der Waals surface area contributed by atoms with Crippen molar-refractivity contribution < 1.29 is 14.3 Å². The van der Waals surface area contributed by atoms with Crippen LogP contribution in [0.15, 0.2) is 47.5 Å². The van der Waals surface area contributed by atoms with Gasteiger partial charge < -0.3 is 10.1 Å². The smallest absolute Gasteiger partial charge is 0.341 e. The normalized spacial score (nSPS) is 13.2. The van der Waals surface area contributed by atoms with Gasteiger partial charge in [0.1, 0.15) is 5.00 Å². The lowest BCUT2D eigenvalue weighted by molar-refractivity contribution is -0.113. The van der Waals surface area contributed by atoms with Crippen LogP contribution in [0.1, 0.15) is 56.9 Å². The Morgan fingerprint density at radius 3 is 2.61 bits per heavy atom. The van der Waals surface area contributed by atoms with Gasteiger partial charge in [-0.05, 0) is 50.7 Å². The molecule has 0 saturated heterocycles. The van der Waals surface area contributed by atoms with Crippen LogP contribution in [0.4, 0.5) is 5.00 Å². The molecular weight excluding hydrogens is 573 g/mol. The van der Waals surface area contributed by atoms with Gasteiger partial charge in [0.2, 0.25) is 5.91 Å². The van der Waals surface area contributed by atoms with Gasteiger partial charge in [-0.1, -0.05) is 60.5 Å². The third kappa shape index (κ3) is 6.34. The lowest BCUT2D eigenvalue weighted by atomic mass is 9.96. The number of esters is 1. The molecule has 1 amide bonds. The second-order valence-corrected chi connectivity index (χ2v) is 13.2. The summed E-state index contributed by atoms with van der Waals surface area (Å²) in [5.74, 6) is 0.290. The zero-order chi connectivity index (χ0) is 28.9. The average molecular weight is 607 g/mol. The summed E-state index contributed by atoms with van der Waals surface area (Å²) in [6.07, 6.45) is 8.04. The Hall–Kier alpha value is -3.21. The van der Waals surface area contributed by atoms with Gasteiger partial charge >= 0.3 is 5.97 Å². The maximum atomic E-state index is 13.2. The summed E-state index contributed by atoms with van der Waals surface area (Å²) in [6.45, 7) is 8.64. The van der Waals surface area contributed by atoms with Gasteiger partial charge in [0.05, 0.1) is 18.4 Å².